The Hall–Kier alpha value is -6.18. The summed E-state index contributed by atoms with van der Waals surface area (Å²) in [5.74, 6) is 0. The van der Waals surface area contributed by atoms with Crippen LogP contribution in [-0.2, 0) is 5.41 Å². The van der Waals surface area contributed by atoms with Gasteiger partial charge in [-0.3, -0.25) is 0 Å². The second-order valence-electron chi connectivity index (χ2n) is 14.0. The zero-order chi connectivity index (χ0) is 37.5. The van der Waals surface area contributed by atoms with Crippen molar-refractivity contribution in [1.29, 1.82) is 0 Å². The van der Waals surface area contributed by atoms with E-state index in [0.29, 0.717) is 16.7 Å². The van der Waals surface area contributed by atoms with Crippen LogP contribution in [0.25, 0.3) is 98.8 Å². The van der Waals surface area contributed by atoms with Gasteiger partial charge in [0, 0.05) is 21.8 Å². The van der Waals surface area contributed by atoms with Crippen molar-refractivity contribution in [1.82, 2.24) is 0 Å². The van der Waals surface area contributed by atoms with Gasteiger partial charge in [-0.25, -0.2) is 0 Å². The van der Waals surface area contributed by atoms with E-state index in [1.54, 1.807) is 6.07 Å². The maximum absolute atomic E-state index is 8.69. The highest BCUT2D eigenvalue weighted by Crippen LogP contribution is 2.53. The van der Waals surface area contributed by atoms with Crippen molar-refractivity contribution in [2.24, 2.45) is 0 Å². The van der Waals surface area contributed by atoms with Crippen LogP contribution in [0.5, 0.6) is 0 Å². The van der Waals surface area contributed by atoms with Gasteiger partial charge in [0.25, 0.3) is 0 Å². The first-order valence-corrected chi connectivity index (χ1v) is 17.1. The summed E-state index contributed by atoms with van der Waals surface area (Å²) in [5.41, 5.74) is 11.6. The maximum atomic E-state index is 8.69. The Labute approximate surface area is 297 Å². The van der Waals surface area contributed by atoms with E-state index in [-0.39, 0.29) is 35.1 Å². The van der Waals surface area contributed by atoms with Crippen LogP contribution in [0.3, 0.4) is 0 Å². The monoisotopic (exact) mass is 641 g/mol. The van der Waals surface area contributed by atoms with E-state index in [1.165, 1.54) is 60.3 Å². The standard InChI is InChI=1S/C49H32O/c1-49(2)41-18-7-6-13-39(41)46-35(15-9-19-42(46)49)33-25-21-30-24-28-38-34(26-22-31-23-27-37(33)44(30)45(31)38)36-16-10-20-43-47(36)40-17-8-14-32(48(40)50-43)29-11-4-3-5-12-29/h3-28H,1-2H3/i3D,4D,5D,11D,12D. The van der Waals surface area contributed by atoms with Gasteiger partial charge >= 0.3 is 0 Å². The lowest BCUT2D eigenvalue weighted by Crippen LogP contribution is -2.14. The van der Waals surface area contributed by atoms with Crippen molar-refractivity contribution < 1.29 is 11.3 Å². The van der Waals surface area contributed by atoms with Crippen LogP contribution >= 0.6 is 0 Å². The Balaban J connectivity index is 1.16. The minimum atomic E-state index is -0.416. The normalized spacial score (nSPS) is 15.0. The first-order chi connectivity index (χ1) is 26.6. The molecule has 9 aromatic carbocycles. The molecule has 234 valence electrons. The van der Waals surface area contributed by atoms with Crippen molar-refractivity contribution in [3.05, 3.63) is 169 Å². The van der Waals surface area contributed by atoms with E-state index >= 15 is 0 Å². The Kier molecular flexibility index (Phi) is 4.61. The quantitative estimate of drug-likeness (QED) is 0.175. The molecule has 0 spiro atoms. The topological polar surface area (TPSA) is 13.1 Å². The summed E-state index contributed by atoms with van der Waals surface area (Å²) in [6.07, 6.45) is 0. The van der Waals surface area contributed by atoms with E-state index in [9.17, 15) is 0 Å². The number of hydrogen-bond acceptors (Lipinski definition) is 1. The van der Waals surface area contributed by atoms with Crippen LogP contribution in [-0.4, -0.2) is 0 Å². The molecule has 1 aliphatic carbocycles. The largest absolute Gasteiger partial charge is 0.455 e. The highest BCUT2D eigenvalue weighted by molar-refractivity contribution is 6.29. The molecule has 0 saturated carbocycles. The van der Waals surface area contributed by atoms with E-state index in [4.69, 9.17) is 11.3 Å². The molecule has 0 amide bonds. The Morgan fingerprint density at radius 3 is 1.84 bits per heavy atom. The lowest BCUT2D eigenvalue weighted by molar-refractivity contribution is 0.660. The molecule has 0 radical (unpaired) electrons. The van der Waals surface area contributed by atoms with Crippen LogP contribution in [0.4, 0.5) is 0 Å². The molecule has 10 aromatic rings. The molecule has 1 aromatic heterocycles. The van der Waals surface area contributed by atoms with Crippen molar-refractivity contribution in [3.8, 4) is 44.5 Å². The molecule has 0 atom stereocenters. The van der Waals surface area contributed by atoms with Gasteiger partial charge < -0.3 is 4.42 Å². The van der Waals surface area contributed by atoms with Gasteiger partial charge in [0.15, 0.2) is 0 Å². The molecular formula is C49H32O. The number of benzene rings is 9. The third-order valence-corrected chi connectivity index (χ3v) is 11.1. The zero-order valence-corrected chi connectivity index (χ0v) is 27.5. The molecule has 0 aliphatic heterocycles. The van der Waals surface area contributed by atoms with E-state index in [0.717, 1.165) is 27.3 Å². The molecular weight excluding hydrogens is 605 g/mol. The fraction of sp³-hybridized carbons (Fsp3) is 0.0612. The fourth-order valence-electron chi connectivity index (χ4n) is 8.90. The van der Waals surface area contributed by atoms with Gasteiger partial charge in [0.05, 0.1) is 6.85 Å². The number of para-hydroxylation sites is 1. The minimum Gasteiger partial charge on any atom is -0.455 e. The smallest absolute Gasteiger partial charge is 0.143 e. The molecule has 0 bridgehead atoms. The molecule has 0 saturated heterocycles. The first-order valence-electron chi connectivity index (χ1n) is 19.6. The number of fused-ring (bicyclic) bond motifs is 6. The second-order valence-corrected chi connectivity index (χ2v) is 14.0. The average Bonchev–Trinajstić information content (AvgIpc) is 3.71. The third kappa shape index (κ3) is 3.62. The average molecular weight is 642 g/mol. The Morgan fingerprint density at radius 1 is 0.460 bits per heavy atom. The summed E-state index contributed by atoms with van der Waals surface area (Å²) in [6.45, 7) is 4.65. The number of rotatable bonds is 3. The van der Waals surface area contributed by atoms with Crippen LogP contribution < -0.4 is 0 Å². The van der Waals surface area contributed by atoms with Crippen LogP contribution in [0.2, 0.25) is 0 Å². The van der Waals surface area contributed by atoms with Crippen molar-refractivity contribution >= 4 is 54.3 Å². The van der Waals surface area contributed by atoms with Gasteiger partial charge in [0.2, 0.25) is 0 Å². The molecule has 0 fully saturated rings. The SMILES string of the molecule is [2H]c1c([2H])c([2H])c(-c2cccc3c2oc2cccc(-c4ccc5ccc6c(-c7cccc8c7-c7ccccc7C8(C)C)ccc7ccc4c5c76)c23)c([2H])c1[2H]. The fourth-order valence-corrected chi connectivity index (χ4v) is 8.90. The third-order valence-electron chi connectivity index (χ3n) is 11.1. The van der Waals surface area contributed by atoms with Crippen molar-refractivity contribution in [3.63, 3.8) is 0 Å². The molecule has 50 heavy (non-hydrogen) atoms. The number of furan rings is 1. The van der Waals surface area contributed by atoms with E-state index < -0.39 is 6.04 Å². The van der Waals surface area contributed by atoms with E-state index in [2.05, 4.69) is 111 Å². The molecule has 0 unspecified atom stereocenters. The first kappa shape index (κ1) is 23.2. The predicted octanol–water partition coefficient (Wildman–Crippen LogP) is 13.8. The highest BCUT2D eigenvalue weighted by atomic mass is 16.3. The second kappa shape index (κ2) is 9.94. The van der Waals surface area contributed by atoms with Gasteiger partial charge in [-0.2, -0.15) is 0 Å². The summed E-state index contributed by atoms with van der Waals surface area (Å²) in [5, 5.41) is 8.92. The number of hydrogen-bond donors (Lipinski definition) is 0. The molecule has 1 nitrogen and oxygen atoms in total. The van der Waals surface area contributed by atoms with Gasteiger partial charge in [-0.05, 0) is 88.5 Å². The zero-order valence-electron chi connectivity index (χ0n) is 32.5. The maximum Gasteiger partial charge on any atom is 0.143 e. The van der Waals surface area contributed by atoms with Crippen molar-refractivity contribution in [2.45, 2.75) is 19.3 Å². The Bertz CT molecular complexity index is 3270. The molecule has 1 heteroatoms. The highest BCUT2D eigenvalue weighted by Gasteiger charge is 2.36. The van der Waals surface area contributed by atoms with Gasteiger partial charge in [-0.1, -0.05) is 165 Å². The van der Waals surface area contributed by atoms with Gasteiger partial charge in [0.1, 0.15) is 11.2 Å². The van der Waals surface area contributed by atoms with Crippen LogP contribution in [0.1, 0.15) is 31.8 Å². The summed E-state index contributed by atoms with van der Waals surface area (Å²) in [6, 6.07) is 43.6. The van der Waals surface area contributed by atoms with Crippen LogP contribution in [0.15, 0.2) is 162 Å². The predicted molar refractivity (Wildman–Crippen MR) is 211 cm³/mol. The summed E-state index contributed by atoms with van der Waals surface area (Å²) < 4.78 is 48.7. The molecule has 0 N–H and O–H groups in total. The van der Waals surface area contributed by atoms with Crippen molar-refractivity contribution in [2.75, 3.05) is 0 Å². The molecule has 1 aliphatic rings. The molecule has 1 heterocycles. The van der Waals surface area contributed by atoms with Crippen LogP contribution in [0, 0.1) is 0 Å². The lowest BCUT2D eigenvalue weighted by Gasteiger charge is -2.22. The molecule has 11 rings (SSSR count). The summed E-state index contributed by atoms with van der Waals surface area (Å²) in [4.78, 5) is 0. The summed E-state index contributed by atoms with van der Waals surface area (Å²) >= 11 is 0. The van der Waals surface area contributed by atoms with Gasteiger partial charge in [-0.15, -0.1) is 0 Å². The minimum absolute atomic E-state index is 0.0889. The summed E-state index contributed by atoms with van der Waals surface area (Å²) in [7, 11) is 0. The van der Waals surface area contributed by atoms with E-state index in [1.807, 2.05) is 24.3 Å². The lowest BCUT2D eigenvalue weighted by atomic mass is 9.81. The Morgan fingerprint density at radius 2 is 1.06 bits per heavy atom.